The van der Waals surface area contributed by atoms with Gasteiger partial charge in [0.15, 0.2) is 5.96 Å². The van der Waals surface area contributed by atoms with Gasteiger partial charge < -0.3 is 10.6 Å². The van der Waals surface area contributed by atoms with E-state index in [-0.39, 0.29) is 42.0 Å². The van der Waals surface area contributed by atoms with E-state index in [1.54, 1.807) is 0 Å². The lowest BCUT2D eigenvalue weighted by Crippen LogP contribution is -2.43. The van der Waals surface area contributed by atoms with Crippen LogP contribution in [0.4, 0.5) is 4.39 Å². The van der Waals surface area contributed by atoms with Gasteiger partial charge in [0.2, 0.25) is 10.0 Å². The van der Waals surface area contributed by atoms with Crippen LogP contribution in [0.5, 0.6) is 0 Å². The highest BCUT2D eigenvalue weighted by Crippen LogP contribution is 2.14. The largest absolute Gasteiger partial charge is 0.370 e. The van der Waals surface area contributed by atoms with Crippen LogP contribution in [-0.4, -0.2) is 68.3 Å². The molecule has 10 heteroatoms. The fourth-order valence-corrected chi connectivity index (χ4v) is 4.17. The second kappa shape index (κ2) is 9.78. The zero-order valence-corrected chi connectivity index (χ0v) is 17.4. The van der Waals surface area contributed by atoms with Crippen molar-refractivity contribution in [3.8, 4) is 0 Å². The normalized spacial score (nSPS) is 16.1. The zero-order valence-electron chi connectivity index (χ0n) is 13.4. The molecular weight excluding hydrogens is 466 g/mol. The van der Waals surface area contributed by atoms with Crippen molar-refractivity contribution < 1.29 is 12.8 Å². The van der Waals surface area contributed by atoms with Gasteiger partial charge in [0, 0.05) is 38.2 Å². The average Bonchev–Trinajstić information content (AvgIpc) is 2.55. The molecule has 24 heavy (non-hydrogen) atoms. The van der Waals surface area contributed by atoms with Crippen LogP contribution in [0.3, 0.4) is 0 Å². The molecule has 1 saturated heterocycles. The van der Waals surface area contributed by atoms with Crippen LogP contribution in [0.2, 0.25) is 0 Å². The first-order valence-corrected chi connectivity index (χ1v) is 9.85. The molecule has 1 aliphatic rings. The molecule has 0 amide bonds. The Hall–Kier alpha value is -0.590. The third-order valence-electron chi connectivity index (χ3n) is 3.55. The first-order chi connectivity index (χ1) is 10.9. The van der Waals surface area contributed by atoms with Gasteiger partial charge in [0.25, 0.3) is 0 Å². The van der Waals surface area contributed by atoms with Crippen LogP contribution in [0.1, 0.15) is 0 Å². The predicted molar refractivity (Wildman–Crippen MR) is 107 cm³/mol. The van der Waals surface area contributed by atoms with E-state index in [0.29, 0.717) is 5.96 Å². The summed E-state index contributed by atoms with van der Waals surface area (Å²) >= 11 is 1.88. The van der Waals surface area contributed by atoms with E-state index in [4.69, 9.17) is 5.73 Å². The molecule has 0 spiro atoms. The minimum Gasteiger partial charge on any atom is -0.370 e. The Kier molecular flexibility index (Phi) is 8.74. The molecule has 0 bridgehead atoms. The van der Waals surface area contributed by atoms with Gasteiger partial charge in [0.05, 0.1) is 11.4 Å². The summed E-state index contributed by atoms with van der Waals surface area (Å²) in [6.07, 6.45) is 0. The maximum absolute atomic E-state index is 12.9. The lowest BCUT2D eigenvalue weighted by Gasteiger charge is -2.27. The number of sulfonamides is 1. The van der Waals surface area contributed by atoms with Crippen molar-refractivity contribution in [2.75, 3.05) is 44.7 Å². The van der Waals surface area contributed by atoms with E-state index in [1.807, 2.05) is 16.7 Å². The maximum Gasteiger partial charge on any atom is 0.242 e. The van der Waals surface area contributed by atoms with Gasteiger partial charge in [-0.1, -0.05) is 0 Å². The molecule has 0 saturated carbocycles. The van der Waals surface area contributed by atoms with E-state index in [2.05, 4.69) is 4.99 Å². The molecule has 1 aliphatic heterocycles. The quantitative estimate of drug-likeness (QED) is 0.386. The first kappa shape index (κ1) is 21.5. The fraction of sp³-hybridized carbons (Fsp3) is 0.500. The Balaban J connectivity index is 0.00000288. The number of likely N-dealkylation sites (N-methyl/N-ethyl adjacent to an activating group) is 1. The van der Waals surface area contributed by atoms with Gasteiger partial charge in [-0.15, -0.1) is 24.0 Å². The summed E-state index contributed by atoms with van der Waals surface area (Å²) in [5.74, 6) is 2.03. The van der Waals surface area contributed by atoms with Gasteiger partial charge in [-0.05, 0) is 24.3 Å². The van der Waals surface area contributed by atoms with Crippen molar-refractivity contribution in [2.45, 2.75) is 4.90 Å². The summed E-state index contributed by atoms with van der Waals surface area (Å²) in [5, 5.41) is 0. The van der Waals surface area contributed by atoms with Crippen LogP contribution in [-0.2, 0) is 10.0 Å². The van der Waals surface area contributed by atoms with Gasteiger partial charge in [-0.25, -0.2) is 12.8 Å². The highest BCUT2D eigenvalue weighted by molar-refractivity contribution is 14.0. The Morgan fingerprint density at radius 2 is 1.92 bits per heavy atom. The Morgan fingerprint density at radius 1 is 1.33 bits per heavy atom. The van der Waals surface area contributed by atoms with Crippen molar-refractivity contribution in [3.63, 3.8) is 0 Å². The number of guanidine groups is 1. The molecule has 1 fully saturated rings. The number of benzene rings is 1. The van der Waals surface area contributed by atoms with E-state index >= 15 is 0 Å². The second-order valence-corrected chi connectivity index (χ2v) is 8.39. The van der Waals surface area contributed by atoms with Gasteiger partial charge in [-0.3, -0.25) is 4.99 Å². The minimum atomic E-state index is -3.64. The molecule has 0 aliphatic carbocycles. The lowest BCUT2D eigenvalue weighted by molar-refractivity contribution is 0.449. The highest BCUT2D eigenvalue weighted by atomic mass is 127. The van der Waals surface area contributed by atoms with Gasteiger partial charge >= 0.3 is 0 Å². The number of thioether (sulfide) groups is 1. The molecular formula is C14H22FIN4O2S2. The average molecular weight is 488 g/mol. The van der Waals surface area contributed by atoms with Crippen LogP contribution >= 0.6 is 35.7 Å². The van der Waals surface area contributed by atoms with Gasteiger partial charge in [0.1, 0.15) is 5.82 Å². The standard InChI is InChI=1S/C14H21FN4O2S2.HI/c1-18(23(20,21)13-4-2-12(15)3-5-13)7-6-17-14(16)19-8-10-22-11-9-19;/h2-5H,6-11H2,1H3,(H2,16,17);1H. The smallest absolute Gasteiger partial charge is 0.242 e. The van der Waals surface area contributed by atoms with E-state index < -0.39 is 15.8 Å². The van der Waals surface area contributed by atoms with Crippen LogP contribution in [0, 0.1) is 5.82 Å². The first-order valence-electron chi connectivity index (χ1n) is 7.26. The zero-order chi connectivity index (χ0) is 16.9. The summed E-state index contributed by atoms with van der Waals surface area (Å²) in [5.41, 5.74) is 5.93. The number of hydrogen-bond acceptors (Lipinski definition) is 4. The summed E-state index contributed by atoms with van der Waals surface area (Å²) in [6.45, 7) is 2.23. The fourth-order valence-electron chi connectivity index (χ4n) is 2.10. The van der Waals surface area contributed by atoms with E-state index in [0.717, 1.165) is 36.7 Å². The summed E-state index contributed by atoms with van der Waals surface area (Å²) in [7, 11) is -2.16. The third-order valence-corrected chi connectivity index (χ3v) is 6.36. The Morgan fingerprint density at radius 3 is 2.50 bits per heavy atom. The molecule has 0 unspecified atom stereocenters. The number of hydrogen-bond donors (Lipinski definition) is 1. The van der Waals surface area contributed by atoms with Crippen molar-refractivity contribution in [2.24, 2.45) is 10.7 Å². The predicted octanol–water partition coefficient (Wildman–Crippen LogP) is 1.43. The highest BCUT2D eigenvalue weighted by Gasteiger charge is 2.20. The number of halogens is 2. The van der Waals surface area contributed by atoms with E-state index in [1.165, 1.54) is 23.5 Å². The molecule has 0 radical (unpaired) electrons. The minimum absolute atomic E-state index is 0. The molecule has 1 heterocycles. The van der Waals surface area contributed by atoms with Crippen LogP contribution < -0.4 is 5.73 Å². The van der Waals surface area contributed by atoms with Crippen LogP contribution in [0.15, 0.2) is 34.2 Å². The van der Waals surface area contributed by atoms with Crippen molar-refractivity contribution in [1.82, 2.24) is 9.21 Å². The third kappa shape index (κ3) is 5.74. The molecule has 2 N–H and O–H groups in total. The topological polar surface area (TPSA) is 79.0 Å². The number of rotatable bonds is 5. The number of nitrogens with two attached hydrogens (primary N) is 1. The molecule has 1 aromatic carbocycles. The molecule has 1 aromatic rings. The summed E-state index contributed by atoms with van der Waals surface area (Å²) in [6, 6.07) is 4.77. The number of aliphatic imine (C=N–C) groups is 1. The summed E-state index contributed by atoms with van der Waals surface area (Å²) in [4.78, 5) is 6.32. The van der Waals surface area contributed by atoms with Crippen molar-refractivity contribution >= 4 is 51.7 Å². The van der Waals surface area contributed by atoms with Crippen molar-refractivity contribution in [3.05, 3.63) is 30.1 Å². The van der Waals surface area contributed by atoms with E-state index in [9.17, 15) is 12.8 Å². The lowest BCUT2D eigenvalue weighted by atomic mass is 10.4. The molecule has 2 rings (SSSR count). The van der Waals surface area contributed by atoms with Crippen molar-refractivity contribution in [1.29, 1.82) is 0 Å². The maximum atomic E-state index is 12.9. The monoisotopic (exact) mass is 488 g/mol. The Bertz CT molecular complexity index is 649. The number of nitrogens with zero attached hydrogens (tertiary/aromatic N) is 3. The molecule has 0 atom stereocenters. The second-order valence-electron chi connectivity index (χ2n) is 5.12. The van der Waals surface area contributed by atoms with Gasteiger partial charge in [-0.2, -0.15) is 16.1 Å². The molecule has 0 aromatic heterocycles. The van der Waals surface area contributed by atoms with Crippen LogP contribution in [0.25, 0.3) is 0 Å². The summed E-state index contributed by atoms with van der Waals surface area (Å²) < 4.78 is 38.8. The SMILES string of the molecule is CN(CCN=C(N)N1CCSCC1)S(=O)(=O)c1ccc(F)cc1.I. The molecule has 136 valence electrons. The Labute approximate surface area is 163 Å². The molecule has 6 nitrogen and oxygen atoms in total.